The molecule has 1 fully saturated rings. The van der Waals surface area contributed by atoms with Gasteiger partial charge in [0, 0.05) is 12.7 Å². The fourth-order valence-electron chi connectivity index (χ4n) is 4.27. The zero-order valence-electron chi connectivity index (χ0n) is 18.7. The third-order valence-corrected chi connectivity index (χ3v) is 6.16. The van der Waals surface area contributed by atoms with E-state index in [1.54, 1.807) is 14.0 Å². The number of fused-ring (bicyclic) bond motifs is 1. The molecule has 176 valence electrons. The van der Waals surface area contributed by atoms with Gasteiger partial charge in [0.15, 0.2) is 0 Å². The molecule has 1 aromatic carbocycles. The molecular formula is C23H26F3N5O2. The number of alkyl halides is 2. The smallest absolute Gasteiger partial charge is 0.266 e. The number of hydrogen-bond acceptors (Lipinski definition) is 7. The molecule has 2 aromatic heterocycles. The Labute approximate surface area is 189 Å². The van der Waals surface area contributed by atoms with Gasteiger partial charge in [0.2, 0.25) is 5.88 Å². The Kier molecular flexibility index (Phi) is 6.66. The van der Waals surface area contributed by atoms with Crippen molar-refractivity contribution in [2.45, 2.75) is 37.8 Å². The zero-order valence-corrected chi connectivity index (χ0v) is 18.7. The van der Waals surface area contributed by atoms with Gasteiger partial charge in [-0.25, -0.2) is 28.1 Å². The molecule has 4 rings (SSSR count). The summed E-state index contributed by atoms with van der Waals surface area (Å²) in [5, 5.41) is 7.08. The lowest BCUT2D eigenvalue weighted by atomic mass is 9.87. The third kappa shape index (κ3) is 4.32. The maximum absolute atomic E-state index is 14.7. The molecular weight excluding hydrogens is 435 g/mol. The highest BCUT2D eigenvalue weighted by molar-refractivity contribution is 5.92. The lowest BCUT2D eigenvalue weighted by molar-refractivity contribution is -0.0426. The molecule has 0 spiro atoms. The van der Waals surface area contributed by atoms with E-state index < -0.39 is 29.4 Å². The lowest BCUT2D eigenvalue weighted by Gasteiger charge is -2.36. The molecule has 7 nitrogen and oxygen atoms in total. The maximum Gasteiger partial charge on any atom is 0.266 e. The number of halogens is 3. The first kappa shape index (κ1) is 23.2. The van der Waals surface area contributed by atoms with Crippen LogP contribution in [0.15, 0.2) is 30.6 Å². The van der Waals surface area contributed by atoms with E-state index in [4.69, 9.17) is 9.47 Å². The van der Waals surface area contributed by atoms with E-state index in [1.165, 1.54) is 25.6 Å². The number of nitrogens with zero attached hydrogens (tertiary/aromatic N) is 3. The summed E-state index contributed by atoms with van der Waals surface area (Å²) < 4.78 is 52.5. The Morgan fingerprint density at radius 3 is 2.52 bits per heavy atom. The molecule has 10 heteroatoms. The largest absolute Gasteiger partial charge is 0.479 e. The summed E-state index contributed by atoms with van der Waals surface area (Å²) in [4.78, 5) is 13.3. The average molecular weight is 461 g/mol. The summed E-state index contributed by atoms with van der Waals surface area (Å²) in [6, 6.07) is 5.20. The second-order valence-electron chi connectivity index (χ2n) is 8.00. The van der Waals surface area contributed by atoms with Gasteiger partial charge >= 0.3 is 0 Å². The normalized spacial score (nSPS) is 16.7. The number of ether oxygens (including phenoxy) is 2. The van der Waals surface area contributed by atoms with Crippen molar-refractivity contribution < 1.29 is 22.6 Å². The summed E-state index contributed by atoms with van der Waals surface area (Å²) in [7, 11) is 3.17. The minimum Gasteiger partial charge on any atom is -0.479 e. The summed E-state index contributed by atoms with van der Waals surface area (Å²) in [6.07, 6.45) is -0.0953. The Morgan fingerprint density at radius 1 is 1.12 bits per heavy atom. The van der Waals surface area contributed by atoms with Crippen LogP contribution in [0.3, 0.4) is 0 Å². The van der Waals surface area contributed by atoms with E-state index >= 15 is 0 Å². The number of methoxy groups -OCH3 is 2. The second-order valence-corrected chi connectivity index (χ2v) is 8.00. The average Bonchev–Trinajstić information content (AvgIpc) is 2.83. The number of aromatic nitrogens is 3. The predicted octanol–water partition coefficient (Wildman–Crippen LogP) is 4.51. The molecule has 33 heavy (non-hydrogen) atoms. The molecule has 1 aliphatic heterocycles. The van der Waals surface area contributed by atoms with E-state index in [2.05, 4.69) is 25.6 Å². The van der Waals surface area contributed by atoms with Crippen molar-refractivity contribution in [3.63, 3.8) is 0 Å². The Bertz CT molecular complexity index is 1140. The van der Waals surface area contributed by atoms with Gasteiger partial charge in [-0.3, -0.25) is 0 Å². The highest BCUT2D eigenvalue weighted by Gasteiger charge is 2.36. The summed E-state index contributed by atoms with van der Waals surface area (Å²) in [5.74, 6) is -0.197. The first-order valence-electron chi connectivity index (χ1n) is 10.7. The van der Waals surface area contributed by atoms with Gasteiger partial charge in [-0.2, -0.15) is 0 Å². The first-order valence-corrected chi connectivity index (χ1v) is 10.7. The van der Waals surface area contributed by atoms with Gasteiger partial charge in [-0.15, -0.1) is 0 Å². The highest BCUT2D eigenvalue weighted by Crippen LogP contribution is 2.38. The number of pyridine rings is 1. The summed E-state index contributed by atoms with van der Waals surface area (Å²) >= 11 is 0. The van der Waals surface area contributed by atoms with E-state index in [0.29, 0.717) is 28.3 Å². The number of piperidine rings is 1. The standard InChI is InChI=1S/C23H26F3N5O2/c1-13(14-5-4-6-15(18(14)24)20(25)26)30-21-16-11-17(23(33-3)7-9-27-10-8-23)31-22(32-2)19(16)28-12-29-21/h4-6,11-13,20,27H,7-10H2,1-3H3,(H,28,29,30). The molecule has 1 aliphatic rings. The molecule has 1 atom stereocenters. The van der Waals surface area contributed by atoms with Crippen molar-refractivity contribution in [3.8, 4) is 5.88 Å². The monoisotopic (exact) mass is 461 g/mol. The number of hydrogen-bond donors (Lipinski definition) is 2. The second kappa shape index (κ2) is 9.48. The van der Waals surface area contributed by atoms with E-state index in [0.717, 1.165) is 32.0 Å². The van der Waals surface area contributed by atoms with Crippen molar-refractivity contribution in [2.75, 3.05) is 32.6 Å². The Balaban J connectivity index is 1.78. The van der Waals surface area contributed by atoms with Gasteiger partial charge in [0.1, 0.15) is 29.1 Å². The highest BCUT2D eigenvalue weighted by atomic mass is 19.3. The van der Waals surface area contributed by atoms with Crippen LogP contribution in [0.1, 0.15) is 49.1 Å². The number of benzene rings is 1. The topological polar surface area (TPSA) is 81.2 Å². The van der Waals surface area contributed by atoms with Gasteiger partial charge in [0.25, 0.3) is 6.43 Å². The van der Waals surface area contributed by atoms with Gasteiger partial charge in [0.05, 0.1) is 29.8 Å². The number of nitrogens with one attached hydrogen (secondary N) is 2. The molecule has 2 N–H and O–H groups in total. The summed E-state index contributed by atoms with van der Waals surface area (Å²) in [5.41, 5.74) is 0.0610. The fourth-order valence-corrected chi connectivity index (χ4v) is 4.27. The Morgan fingerprint density at radius 2 is 1.85 bits per heavy atom. The summed E-state index contributed by atoms with van der Waals surface area (Å²) in [6.45, 7) is 3.25. The van der Waals surface area contributed by atoms with Crippen LogP contribution >= 0.6 is 0 Å². The van der Waals surface area contributed by atoms with Crippen LogP contribution in [0.4, 0.5) is 19.0 Å². The van der Waals surface area contributed by atoms with Gasteiger partial charge < -0.3 is 20.1 Å². The van der Waals surface area contributed by atoms with Crippen molar-refractivity contribution >= 4 is 16.7 Å². The number of anilines is 1. The van der Waals surface area contributed by atoms with Crippen LogP contribution in [0.25, 0.3) is 10.9 Å². The zero-order chi connectivity index (χ0) is 23.6. The number of rotatable bonds is 7. The minimum atomic E-state index is -2.90. The van der Waals surface area contributed by atoms with Crippen LogP contribution in [-0.4, -0.2) is 42.3 Å². The molecule has 3 heterocycles. The van der Waals surface area contributed by atoms with E-state index in [1.807, 2.05) is 6.07 Å². The fraction of sp³-hybridized carbons (Fsp3) is 0.435. The van der Waals surface area contributed by atoms with Crippen molar-refractivity contribution in [3.05, 3.63) is 53.2 Å². The molecule has 0 aliphatic carbocycles. The van der Waals surface area contributed by atoms with Crippen LogP contribution in [0.5, 0.6) is 5.88 Å². The van der Waals surface area contributed by atoms with Crippen molar-refractivity contribution in [1.82, 2.24) is 20.3 Å². The predicted molar refractivity (Wildman–Crippen MR) is 118 cm³/mol. The first-order chi connectivity index (χ1) is 15.9. The van der Waals surface area contributed by atoms with Gasteiger partial charge in [-0.05, 0) is 38.9 Å². The molecule has 1 unspecified atom stereocenters. The maximum atomic E-state index is 14.7. The third-order valence-electron chi connectivity index (χ3n) is 6.16. The molecule has 0 radical (unpaired) electrons. The van der Waals surface area contributed by atoms with Crippen LogP contribution in [-0.2, 0) is 10.3 Å². The molecule has 3 aromatic rings. The van der Waals surface area contributed by atoms with Crippen molar-refractivity contribution in [2.24, 2.45) is 0 Å². The molecule has 0 saturated carbocycles. The van der Waals surface area contributed by atoms with Crippen LogP contribution < -0.4 is 15.4 Å². The molecule has 1 saturated heterocycles. The van der Waals surface area contributed by atoms with Crippen molar-refractivity contribution in [1.29, 1.82) is 0 Å². The Hall–Kier alpha value is -2.98. The van der Waals surface area contributed by atoms with Crippen LogP contribution in [0.2, 0.25) is 0 Å². The quantitative estimate of drug-likeness (QED) is 0.536. The van der Waals surface area contributed by atoms with E-state index in [-0.39, 0.29) is 5.56 Å². The minimum absolute atomic E-state index is 0.118. The molecule has 0 amide bonds. The van der Waals surface area contributed by atoms with Crippen LogP contribution in [0, 0.1) is 5.82 Å². The van der Waals surface area contributed by atoms with Gasteiger partial charge in [-0.1, -0.05) is 18.2 Å². The lowest BCUT2D eigenvalue weighted by Crippen LogP contribution is -2.41. The SMILES string of the molecule is COc1nc(C2(OC)CCNCC2)cc2c(NC(C)c3cccc(C(F)F)c3F)ncnc12. The van der Waals surface area contributed by atoms with E-state index in [9.17, 15) is 13.2 Å². The molecule has 0 bridgehead atoms.